The fraction of sp³-hybridized carbons (Fsp3) is 0.913. The second-order valence-electron chi connectivity index (χ2n) is 7.87. The lowest BCUT2D eigenvalue weighted by atomic mass is 10.0. The Morgan fingerprint density at radius 1 is 0.615 bits per heavy atom. The van der Waals surface area contributed by atoms with Crippen molar-refractivity contribution >= 4 is 31.9 Å². The van der Waals surface area contributed by atoms with Crippen LogP contribution in [0, 0.1) is 0 Å². The largest absolute Gasteiger partial charge is 0.371 e. The maximum atomic E-state index is 6.31. The van der Waals surface area contributed by atoms with Crippen molar-refractivity contribution in [3.8, 4) is 0 Å². The molecule has 2 atom stereocenters. The highest BCUT2D eigenvalue weighted by Crippen LogP contribution is 2.22. The van der Waals surface area contributed by atoms with Crippen molar-refractivity contribution < 1.29 is 4.74 Å². The van der Waals surface area contributed by atoms with Gasteiger partial charge in [0.1, 0.15) is 0 Å². The highest BCUT2D eigenvalue weighted by Gasteiger charge is 2.17. The van der Waals surface area contributed by atoms with Crippen LogP contribution in [0.3, 0.4) is 0 Å². The Morgan fingerprint density at radius 3 is 1.62 bits per heavy atom. The van der Waals surface area contributed by atoms with E-state index in [2.05, 4.69) is 44.0 Å². The predicted octanol–water partition coefficient (Wildman–Crippen LogP) is 8.73. The first-order chi connectivity index (χ1) is 12.9. The Balaban J connectivity index is 1.92. The predicted molar refractivity (Wildman–Crippen MR) is 124 cm³/mol. The van der Waals surface area contributed by atoms with Gasteiger partial charge in [-0.25, -0.2) is 0 Å². The van der Waals surface area contributed by atoms with Crippen LogP contribution < -0.4 is 0 Å². The van der Waals surface area contributed by atoms with Crippen molar-refractivity contribution in [1.82, 2.24) is 0 Å². The fourth-order valence-electron chi connectivity index (χ4n) is 3.75. The molecule has 26 heavy (non-hydrogen) atoms. The van der Waals surface area contributed by atoms with E-state index >= 15 is 0 Å². The molecule has 0 fully saturated rings. The van der Waals surface area contributed by atoms with Gasteiger partial charge in [0.25, 0.3) is 0 Å². The van der Waals surface area contributed by atoms with Gasteiger partial charge >= 0.3 is 0 Å². The van der Waals surface area contributed by atoms with E-state index in [0.717, 1.165) is 17.1 Å². The van der Waals surface area contributed by atoms with Crippen LogP contribution in [0.25, 0.3) is 0 Å². The Labute approximate surface area is 180 Å². The Morgan fingerprint density at radius 2 is 1.08 bits per heavy atom. The van der Waals surface area contributed by atoms with Gasteiger partial charge in [-0.05, 0) is 32.1 Å². The summed E-state index contributed by atoms with van der Waals surface area (Å²) >= 11 is 7.01. The van der Waals surface area contributed by atoms with Crippen molar-refractivity contribution in [3.05, 3.63) is 12.2 Å². The number of halogens is 2. The number of hydrogen-bond donors (Lipinski definition) is 0. The SMILES string of the molecule is BrCCCCCCCCC[C@H]1CC=C[C@H](CCCCCCCCCBr)O1. The molecular weight excluding hydrogens is 452 g/mol. The summed E-state index contributed by atoms with van der Waals surface area (Å²) < 4.78 is 6.31. The highest BCUT2D eigenvalue weighted by molar-refractivity contribution is 9.09. The van der Waals surface area contributed by atoms with Crippen LogP contribution in [0.2, 0.25) is 0 Å². The average Bonchev–Trinajstić information content (AvgIpc) is 2.66. The zero-order valence-corrected chi connectivity index (χ0v) is 20.1. The maximum absolute atomic E-state index is 6.31. The number of hydrogen-bond acceptors (Lipinski definition) is 1. The lowest BCUT2D eigenvalue weighted by Crippen LogP contribution is -2.24. The van der Waals surface area contributed by atoms with E-state index < -0.39 is 0 Å². The van der Waals surface area contributed by atoms with Gasteiger partial charge in [0, 0.05) is 10.7 Å². The molecule has 0 spiro atoms. The maximum Gasteiger partial charge on any atom is 0.0759 e. The van der Waals surface area contributed by atoms with Gasteiger partial charge in [-0.2, -0.15) is 0 Å². The first-order valence-corrected chi connectivity index (χ1v) is 13.5. The zero-order valence-electron chi connectivity index (χ0n) is 16.9. The Kier molecular flexibility index (Phi) is 18.0. The molecule has 154 valence electrons. The minimum absolute atomic E-state index is 0.395. The number of ether oxygens (including phenoxy) is 1. The topological polar surface area (TPSA) is 9.23 Å². The molecule has 1 aliphatic heterocycles. The highest BCUT2D eigenvalue weighted by atomic mass is 79.9. The summed E-state index contributed by atoms with van der Waals surface area (Å²) in [6, 6.07) is 0. The van der Waals surface area contributed by atoms with Gasteiger partial charge in [-0.1, -0.05) is 121 Å². The summed E-state index contributed by atoms with van der Waals surface area (Å²) in [7, 11) is 0. The number of rotatable bonds is 18. The normalized spacial score (nSPS) is 19.9. The summed E-state index contributed by atoms with van der Waals surface area (Å²) in [5.74, 6) is 0. The van der Waals surface area contributed by atoms with E-state index in [4.69, 9.17) is 4.74 Å². The van der Waals surface area contributed by atoms with Crippen LogP contribution in [0.1, 0.15) is 109 Å². The third-order valence-electron chi connectivity index (χ3n) is 5.40. The molecule has 1 heterocycles. The molecule has 1 aliphatic rings. The van der Waals surface area contributed by atoms with E-state index in [-0.39, 0.29) is 0 Å². The van der Waals surface area contributed by atoms with Crippen molar-refractivity contribution in [2.24, 2.45) is 0 Å². The molecule has 1 rings (SSSR count). The average molecular weight is 494 g/mol. The molecule has 3 heteroatoms. The van der Waals surface area contributed by atoms with Gasteiger partial charge in [-0.3, -0.25) is 0 Å². The molecule has 0 saturated carbocycles. The van der Waals surface area contributed by atoms with Crippen LogP contribution in [0.15, 0.2) is 12.2 Å². The van der Waals surface area contributed by atoms with Crippen LogP contribution in [0.4, 0.5) is 0 Å². The monoisotopic (exact) mass is 492 g/mol. The molecule has 0 unspecified atom stereocenters. The molecule has 0 N–H and O–H groups in total. The molecule has 0 aromatic carbocycles. The first kappa shape index (κ1) is 24.7. The molecule has 0 amide bonds. The molecule has 0 aromatic rings. The molecule has 1 nitrogen and oxygen atoms in total. The quantitative estimate of drug-likeness (QED) is 0.105. The van der Waals surface area contributed by atoms with Gasteiger partial charge in [0.05, 0.1) is 12.2 Å². The van der Waals surface area contributed by atoms with Crippen LogP contribution in [0.5, 0.6) is 0 Å². The Bertz CT molecular complexity index is 319. The molecular formula is C23H42Br2O. The van der Waals surface area contributed by atoms with E-state index in [1.54, 1.807) is 0 Å². The molecule has 0 aromatic heterocycles. The second kappa shape index (κ2) is 19.0. The molecule has 0 saturated heterocycles. The smallest absolute Gasteiger partial charge is 0.0759 e. The zero-order chi connectivity index (χ0) is 18.7. The molecule has 0 bridgehead atoms. The van der Waals surface area contributed by atoms with Gasteiger partial charge < -0.3 is 4.74 Å². The summed E-state index contributed by atoms with van der Waals surface area (Å²) in [4.78, 5) is 0. The standard InChI is InChI=1S/C23H42Br2O/c24-20-13-9-5-1-3-7-11-16-22-18-15-19-23(26-22)17-12-8-4-2-6-10-14-21-25/h15,18,22-23H,1-14,16-17,19-21H2/t22-,23-/m0/s1. The van der Waals surface area contributed by atoms with E-state index in [1.165, 1.54) is 103 Å². The second-order valence-corrected chi connectivity index (χ2v) is 9.45. The van der Waals surface area contributed by atoms with Crippen molar-refractivity contribution in [2.45, 2.75) is 121 Å². The van der Waals surface area contributed by atoms with Crippen molar-refractivity contribution in [3.63, 3.8) is 0 Å². The van der Waals surface area contributed by atoms with E-state index in [9.17, 15) is 0 Å². The summed E-state index contributed by atoms with van der Waals surface area (Å²) in [5, 5.41) is 2.33. The lowest BCUT2D eigenvalue weighted by molar-refractivity contribution is -0.00434. The first-order valence-electron chi connectivity index (χ1n) is 11.3. The third-order valence-corrected chi connectivity index (χ3v) is 6.52. The minimum Gasteiger partial charge on any atom is -0.371 e. The lowest BCUT2D eigenvalue weighted by Gasteiger charge is -2.26. The Hall–Kier alpha value is 0.660. The number of unbranched alkanes of at least 4 members (excludes halogenated alkanes) is 12. The molecule has 0 aliphatic carbocycles. The third kappa shape index (κ3) is 14.7. The summed E-state index contributed by atoms with van der Waals surface area (Å²) in [5.41, 5.74) is 0. The van der Waals surface area contributed by atoms with E-state index in [0.29, 0.717) is 12.2 Å². The van der Waals surface area contributed by atoms with Gasteiger partial charge in [0.15, 0.2) is 0 Å². The fourth-order valence-corrected chi connectivity index (χ4v) is 4.55. The minimum atomic E-state index is 0.395. The van der Waals surface area contributed by atoms with Crippen molar-refractivity contribution in [1.29, 1.82) is 0 Å². The summed E-state index contributed by atoms with van der Waals surface area (Å²) in [6.07, 6.45) is 28.5. The molecule has 0 radical (unpaired) electrons. The van der Waals surface area contributed by atoms with Gasteiger partial charge in [-0.15, -0.1) is 0 Å². The van der Waals surface area contributed by atoms with Crippen LogP contribution in [-0.2, 0) is 4.74 Å². The number of alkyl halides is 2. The van der Waals surface area contributed by atoms with Crippen molar-refractivity contribution in [2.75, 3.05) is 10.7 Å². The van der Waals surface area contributed by atoms with Gasteiger partial charge in [0.2, 0.25) is 0 Å². The van der Waals surface area contributed by atoms with Crippen LogP contribution in [-0.4, -0.2) is 22.9 Å². The van der Waals surface area contributed by atoms with Crippen LogP contribution >= 0.6 is 31.9 Å². The summed E-state index contributed by atoms with van der Waals surface area (Å²) in [6.45, 7) is 0. The van der Waals surface area contributed by atoms with E-state index in [1.807, 2.05) is 0 Å².